The molecular formula is C44H31N5S. The van der Waals surface area contributed by atoms with Gasteiger partial charge in [0.1, 0.15) is 5.84 Å². The van der Waals surface area contributed by atoms with Crippen molar-refractivity contribution < 1.29 is 0 Å². The van der Waals surface area contributed by atoms with Crippen LogP contribution in [0.4, 0.5) is 0 Å². The quantitative estimate of drug-likeness (QED) is 0.113. The highest BCUT2D eigenvalue weighted by Crippen LogP contribution is 2.35. The van der Waals surface area contributed by atoms with Gasteiger partial charge in [-0.1, -0.05) is 134 Å². The van der Waals surface area contributed by atoms with Crippen LogP contribution in [0.3, 0.4) is 0 Å². The van der Waals surface area contributed by atoms with Crippen molar-refractivity contribution in [1.82, 2.24) is 19.5 Å². The van der Waals surface area contributed by atoms with E-state index in [1.807, 2.05) is 47.0 Å². The Bertz CT molecular complexity index is 2730. The predicted octanol–water partition coefficient (Wildman–Crippen LogP) is 11.0. The molecule has 2 heterocycles. The molecule has 0 fully saturated rings. The van der Waals surface area contributed by atoms with Gasteiger partial charge in [0.15, 0.2) is 17.5 Å². The number of nitrogens with zero attached hydrogens (tertiary/aromatic N) is 4. The van der Waals surface area contributed by atoms with E-state index < -0.39 is 0 Å². The fourth-order valence-corrected chi connectivity index (χ4v) is 6.85. The lowest BCUT2D eigenvalue weighted by molar-refractivity contribution is 1.04. The summed E-state index contributed by atoms with van der Waals surface area (Å²) in [4.78, 5) is 15.0. The van der Waals surface area contributed by atoms with Gasteiger partial charge in [-0.15, -0.1) is 0 Å². The minimum atomic E-state index is 0. The van der Waals surface area contributed by atoms with Crippen molar-refractivity contribution in [2.75, 3.05) is 0 Å². The summed E-state index contributed by atoms with van der Waals surface area (Å²) in [6, 6.07) is 49.9. The Labute approximate surface area is 295 Å². The van der Waals surface area contributed by atoms with Crippen LogP contribution in [0.5, 0.6) is 0 Å². The molecule has 9 aromatic rings. The van der Waals surface area contributed by atoms with Gasteiger partial charge in [0.25, 0.3) is 0 Å². The van der Waals surface area contributed by atoms with Crippen LogP contribution < -0.4 is 0 Å². The maximum Gasteiger partial charge on any atom is 0.164 e. The second-order valence-corrected chi connectivity index (χ2v) is 12.2. The van der Waals surface area contributed by atoms with E-state index >= 15 is 0 Å². The Hall–Kier alpha value is -6.37. The highest BCUT2D eigenvalue weighted by atomic mass is 32.1. The van der Waals surface area contributed by atoms with E-state index in [0.29, 0.717) is 23.0 Å². The van der Waals surface area contributed by atoms with Gasteiger partial charge in [-0.05, 0) is 62.7 Å². The summed E-state index contributed by atoms with van der Waals surface area (Å²) in [5.74, 6) is 1.85. The molecule has 1 N–H and O–H groups in total. The van der Waals surface area contributed by atoms with Crippen molar-refractivity contribution in [2.24, 2.45) is 0 Å². The van der Waals surface area contributed by atoms with Crippen LogP contribution in [0.2, 0.25) is 0 Å². The summed E-state index contributed by atoms with van der Waals surface area (Å²) in [7, 11) is 0. The van der Waals surface area contributed by atoms with E-state index in [1.54, 1.807) is 12.2 Å². The van der Waals surface area contributed by atoms with Gasteiger partial charge in [0.2, 0.25) is 0 Å². The molecule has 50 heavy (non-hydrogen) atoms. The van der Waals surface area contributed by atoms with Crippen LogP contribution in [-0.4, -0.2) is 25.4 Å². The van der Waals surface area contributed by atoms with Crippen molar-refractivity contribution in [1.29, 1.82) is 5.41 Å². The third-order valence-corrected chi connectivity index (χ3v) is 9.22. The first-order valence-corrected chi connectivity index (χ1v) is 16.2. The van der Waals surface area contributed by atoms with Crippen molar-refractivity contribution in [3.05, 3.63) is 170 Å². The maximum atomic E-state index is 9.49. The molecule has 0 saturated heterocycles. The maximum absolute atomic E-state index is 9.49. The van der Waals surface area contributed by atoms with Gasteiger partial charge in [-0.25, -0.2) is 15.0 Å². The Morgan fingerprint density at radius 3 is 1.68 bits per heavy atom. The lowest BCUT2D eigenvalue weighted by Crippen LogP contribution is -2.09. The first kappa shape index (κ1) is 30.9. The first-order valence-electron chi connectivity index (χ1n) is 16.2. The van der Waals surface area contributed by atoms with Gasteiger partial charge in [-0.3, -0.25) is 9.98 Å². The molecule has 0 radical (unpaired) electrons. The van der Waals surface area contributed by atoms with Gasteiger partial charge in [0.05, 0.1) is 11.0 Å². The zero-order chi connectivity index (χ0) is 32.9. The number of aromatic nitrogens is 4. The Morgan fingerprint density at radius 1 is 0.540 bits per heavy atom. The summed E-state index contributed by atoms with van der Waals surface area (Å²) < 4.78 is 2.00. The Kier molecular flexibility index (Phi) is 7.78. The van der Waals surface area contributed by atoms with Crippen LogP contribution in [0.15, 0.2) is 164 Å². The molecule has 0 saturated carbocycles. The van der Waals surface area contributed by atoms with Crippen molar-refractivity contribution in [3.63, 3.8) is 0 Å². The lowest BCUT2D eigenvalue weighted by Gasteiger charge is -2.11. The van der Waals surface area contributed by atoms with Crippen LogP contribution in [0.1, 0.15) is 5.82 Å². The number of benzene rings is 7. The van der Waals surface area contributed by atoms with E-state index in [9.17, 15) is 5.41 Å². The molecule has 0 amide bonds. The smallest absolute Gasteiger partial charge is 0.164 e. The molecular weight excluding hydrogens is 631 g/mol. The second-order valence-electron chi connectivity index (χ2n) is 12.2. The first-order chi connectivity index (χ1) is 24.1. The van der Waals surface area contributed by atoms with E-state index in [-0.39, 0.29) is 19.3 Å². The van der Waals surface area contributed by atoms with Gasteiger partial charge >= 0.3 is 0 Å². The fourth-order valence-electron chi connectivity index (χ4n) is 6.85. The SMILES string of the molecule is C=C/C(=C\C(=N)n1c2ccccc2c2c3ccccc3ccc21)c1nc(-c2ccc3ccccc3c2)nc(-c2ccc3ccccc3c2)n1.S. The molecule has 7 aromatic carbocycles. The molecule has 0 aliphatic heterocycles. The number of allylic oxidation sites excluding steroid dienone is 3. The van der Waals surface area contributed by atoms with E-state index in [2.05, 4.69) is 110 Å². The van der Waals surface area contributed by atoms with Crippen LogP contribution in [-0.2, 0) is 0 Å². The standard InChI is InChI=1S/C44H29N5.H2S/c1-2-28(27-40(45)49-38-18-10-9-17-37(38)41-36-16-8-7-13-31(36)23-24-39(41)49)42-46-43(34-21-19-29-11-3-5-14-32(29)25-34)48-44(47-42)35-22-20-30-12-4-6-15-33(30)26-35;/h2-27,45H,1H2;1H2/b28-27+,45-40?;. The van der Waals surface area contributed by atoms with Gasteiger partial charge in [0, 0.05) is 27.5 Å². The number of nitrogens with one attached hydrogen (secondary N) is 1. The minimum Gasteiger partial charge on any atom is -0.294 e. The molecule has 0 aliphatic rings. The molecule has 0 spiro atoms. The second kappa shape index (κ2) is 12.6. The molecule has 6 heteroatoms. The van der Waals surface area contributed by atoms with Gasteiger partial charge < -0.3 is 0 Å². The topological polar surface area (TPSA) is 67.5 Å². The molecule has 9 rings (SSSR count). The highest BCUT2D eigenvalue weighted by Gasteiger charge is 2.18. The van der Waals surface area contributed by atoms with Crippen molar-refractivity contribution >= 4 is 79.0 Å². The molecule has 5 nitrogen and oxygen atoms in total. The van der Waals surface area contributed by atoms with Crippen LogP contribution >= 0.6 is 13.5 Å². The third-order valence-electron chi connectivity index (χ3n) is 9.22. The average Bonchev–Trinajstić information content (AvgIpc) is 3.51. The Balaban J connectivity index is 0.00000361. The van der Waals surface area contributed by atoms with Crippen LogP contribution in [0, 0.1) is 5.41 Å². The largest absolute Gasteiger partial charge is 0.294 e. The number of hydrogen-bond donors (Lipinski definition) is 1. The van der Waals surface area contributed by atoms with Crippen LogP contribution in [0.25, 0.3) is 82.5 Å². The summed E-state index contributed by atoms with van der Waals surface area (Å²) in [6.07, 6.45) is 3.53. The molecule has 0 unspecified atom stereocenters. The number of fused-ring (bicyclic) bond motifs is 7. The summed E-state index contributed by atoms with van der Waals surface area (Å²) in [6.45, 7) is 4.15. The number of para-hydroxylation sites is 1. The summed E-state index contributed by atoms with van der Waals surface area (Å²) in [5.41, 5.74) is 4.33. The predicted molar refractivity (Wildman–Crippen MR) is 214 cm³/mol. The normalized spacial score (nSPS) is 11.7. The van der Waals surface area contributed by atoms with Crippen molar-refractivity contribution in [2.45, 2.75) is 0 Å². The number of rotatable bonds is 5. The van der Waals surface area contributed by atoms with Gasteiger partial charge in [-0.2, -0.15) is 13.5 Å². The lowest BCUT2D eigenvalue weighted by atomic mass is 10.0. The van der Waals surface area contributed by atoms with E-state index in [1.165, 1.54) is 5.39 Å². The van der Waals surface area contributed by atoms with Crippen molar-refractivity contribution in [3.8, 4) is 22.8 Å². The van der Waals surface area contributed by atoms with E-state index in [4.69, 9.17) is 15.0 Å². The summed E-state index contributed by atoms with van der Waals surface area (Å²) in [5, 5.41) is 18.5. The third kappa shape index (κ3) is 5.23. The number of hydrogen-bond acceptors (Lipinski definition) is 4. The molecule has 0 bridgehead atoms. The monoisotopic (exact) mass is 661 g/mol. The molecule has 2 aromatic heterocycles. The summed E-state index contributed by atoms with van der Waals surface area (Å²) >= 11 is 0. The Morgan fingerprint density at radius 2 is 1.06 bits per heavy atom. The van der Waals surface area contributed by atoms with E-state index in [0.717, 1.165) is 59.9 Å². The molecule has 0 atom stereocenters. The molecule has 238 valence electrons. The molecule has 0 aliphatic carbocycles. The zero-order valence-electron chi connectivity index (χ0n) is 27.0. The minimum absolute atomic E-state index is 0. The highest BCUT2D eigenvalue weighted by molar-refractivity contribution is 7.59. The fraction of sp³-hybridized carbons (Fsp3) is 0. The average molecular weight is 662 g/mol. The zero-order valence-corrected chi connectivity index (χ0v) is 28.0.